The zero-order chi connectivity index (χ0) is 29.5. The smallest absolute Gasteiger partial charge is 0.339 e. The molecule has 2 aromatic carbocycles. The number of hydrogen-bond donors (Lipinski definition) is 0. The van der Waals surface area contributed by atoms with E-state index in [4.69, 9.17) is 19.2 Å². The van der Waals surface area contributed by atoms with Gasteiger partial charge in [-0.15, -0.1) is 0 Å². The molecule has 7 heteroatoms. The molecule has 0 saturated heterocycles. The molecule has 0 spiro atoms. The number of hydrogen-bond acceptors (Lipinski definition) is 5. The van der Waals surface area contributed by atoms with Crippen molar-refractivity contribution >= 4 is 29.2 Å². The summed E-state index contributed by atoms with van der Waals surface area (Å²) in [5.41, 5.74) is 6.40. The largest absolute Gasteiger partial charge is 0.490 e. The van der Waals surface area contributed by atoms with E-state index >= 15 is 4.39 Å². The fourth-order valence-corrected chi connectivity index (χ4v) is 5.60. The molecule has 1 atom stereocenters. The normalized spacial score (nSPS) is 14.2. The minimum Gasteiger partial charge on any atom is -0.490 e. The average molecular weight is 557 g/mol. The quantitative estimate of drug-likeness (QED) is 0.230. The average Bonchev–Trinajstić information content (AvgIpc) is 3.26. The minimum absolute atomic E-state index is 0.316. The van der Waals surface area contributed by atoms with Crippen molar-refractivity contribution in [3.63, 3.8) is 0 Å². The summed E-state index contributed by atoms with van der Waals surface area (Å²) < 4.78 is 35.0. The molecule has 0 aliphatic carbocycles. The summed E-state index contributed by atoms with van der Waals surface area (Å²) in [7, 11) is 3.30. The summed E-state index contributed by atoms with van der Waals surface area (Å²) in [4.78, 5) is 18.3. The van der Waals surface area contributed by atoms with E-state index < -0.39 is 23.5 Å². The second kappa shape index (κ2) is 11.1. The predicted molar refractivity (Wildman–Crippen MR) is 160 cm³/mol. The van der Waals surface area contributed by atoms with E-state index in [0.29, 0.717) is 41.2 Å². The molecule has 0 N–H and O–H groups in total. The van der Waals surface area contributed by atoms with Gasteiger partial charge < -0.3 is 18.8 Å². The molecule has 0 amide bonds. The number of rotatable bonds is 6. The van der Waals surface area contributed by atoms with E-state index in [2.05, 4.69) is 0 Å². The predicted octanol–water partition coefficient (Wildman–Crippen LogP) is 7.52. The van der Waals surface area contributed by atoms with Gasteiger partial charge in [0, 0.05) is 40.5 Å². The Morgan fingerprint density at radius 3 is 2.56 bits per heavy atom. The van der Waals surface area contributed by atoms with E-state index in [1.807, 2.05) is 94.8 Å². The number of aryl methyl sites for hydroxylation is 2. The van der Waals surface area contributed by atoms with Crippen molar-refractivity contribution in [2.45, 2.75) is 59.2 Å². The molecule has 3 heterocycles. The van der Waals surface area contributed by atoms with E-state index in [1.54, 1.807) is 0 Å². The number of nitrogens with zero attached hydrogens (tertiary/aromatic N) is 2. The van der Waals surface area contributed by atoms with Crippen LogP contribution in [0.2, 0.25) is 0 Å². The molecule has 214 valence electrons. The number of halogens is 1. The van der Waals surface area contributed by atoms with Crippen LogP contribution in [0.15, 0.2) is 42.5 Å². The molecule has 2 aromatic heterocycles. The summed E-state index contributed by atoms with van der Waals surface area (Å²) >= 11 is 0. The zero-order valence-electron chi connectivity index (χ0n) is 24.8. The van der Waals surface area contributed by atoms with Gasteiger partial charge in [0.15, 0.2) is 17.7 Å². The second-order valence-electron chi connectivity index (χ2n) is 11.5. The van der Waals surface area contributed by atoms with Gasteiger partial charge in [0.1, 0.15) is 5.65 Å². The number of fused-ring (bicyclic) bond motifs is 2. The van der Waals surface area contributed by atoms with Gasteiger partial charge in [0.05, 0.1) is 19.3 Å². The van der Waals surface area contributed by atoms with Crippen LogP contribution in [0.5, 0.6) is 5.75 Å². The maximum absolute atomic E-state index is 15.6. The fourth-order valence-electron chi connectivity index (χ4n) is 5.60. The second-order valence-corrected chi connectivity index (χ2v) is 11.5. The lowest BCUT2D eigenvalue weighted by Crippen LogP contribution is -2.29. The van der Waals surface area contributed by atoms with E-state index in [9.17, 15) is 4.79 Å². The highest BCUT2D eigenvalue weighted by atomic mass is 19.1. The van der Waals surface area contributed by atoms with Crippen LogP contribution in [0.1, 0.15) is 66.9 Å². The SMILES string of the molecule is COC(=O)[C@@H](OC(C)(C)C)c1c(C)nc2c(cc(/C=C/c3ccccc3)n2C)c1-c1cc(F)c2c(c1C)CCCO2. The first-order valence-corrected chi connectivity index (χ1v) is 13.9. The Hall–Kier alpha value is -3.97. The van der Waals surface area contributed by atoms with Gasteiger partial charge in [0.2, 0.25) is 0 Å². The molecule has 0 radical (unpaired) electrons. The summed E-state index contributed by atoms with van der Waals surface area (Å²) in [5.74, 6) is -0.638. The van der Waals surface area contributed by atoms with Crippen LogP contribution in [0.3, 0.4) is 0 Å². The first-order chi connectivity index (χ1) is 19.5. The molecule has 1 aliphatic heterocycles. The highest BCUT2D eigenvalue weighted by molar-refractivity contribution is 6.00. The van der Waals surface area contributed by atoms with Crippen LogP contribution >= 0.6 is 0 Å². The Kier molecular flexibility index (Phi) is 7.75. The van der Waals surface area contributed by atoms with Crippen molar-refractivity contribution < 1.29 is 23.4 Å². The Morgan fingerprint density at radius 1 is 1.15 bits per heavy atom. The minimum atomic E-state index is -1.06. The van der Waals surface area contributed by atoms with Crippen LogP contribution in [-0.2, 0) is 27.7 Å². The highest BCUT2D eigenvalue weighted by Crippen LogP contribution is 2.45. The standard InChI is InChI=1S/C34H37FN2O4/c1-20-24-14-11-17-40-30(24)27(35)19-25(20)29-26-18-23(16-15-22-12-9-8-10-13-22)37(6)32(26)36-21(2)28(29)31(33(38)39-7)41-34(3,4)5/h8-10,12-13,15-16,18-19,31H,11,14,17H2,1-7H3/b16-15+/t31-/m0/s1. The van der Waals surface area contributed by atoms with E-state index in [1.165, 1.54) is 13.2 Å². The van der Waals surface area contributed by atoms with Crippen LogP contribution in [0.4, 0.5) is 4.39 Å². The number of carbonyl (C=O) groups excluding carboxylic acids is 1. The van der Waals surface area contributed by atoms with Gasteiger partial charge in [-0.3, -0.25) is 0 Å². The number of aromatic nitrogens is 2. The van der Waals surface area contributed by atoms with E-state index in [-0.39, 0.29) is 0 Å². The van der Waals surface area contributed by atoms with Gasteiger partial charge in [-0.05, 0) is 82.4 Å². The summed E-state index contributed by atoms with van der Waals surface area (Å²) in [5, 5.41) is 0.798. The topological polar surface area (TPSA) is 62.6 Å². The lowest BCUT2D eigenvalue weighted by atomic mass is 9.86. The van der Waals surface area contributed by atoms with Gasteiger partial charge in [-0.25, -0.2) is 14.2 Å². The molecule has 6 nitrogen and oxygen atoms in total. The Balaban J connectivity index is 1.84. The third-order valence-corrected chi connectivity index (χ3v) is 7.54. The summed E-state index contributed by atoms with van der Waals surface area (Å²) in [6.45, 7) is 10.0. The molecule has 41 heavy (non-hydrogen) atoms. The summed E-state index contributed by atoms with van der Waals surface area (Å²) in [6, 6.07) is 13.6. The van der Waals surface area contributed by atoms with Gasteiger partial charge in [-0.2, -0.15) is 0 Å². The molecule has 0 saturated carbocycles. The molecule has 0 unspecified atom stereocenters. The van der Waals surface area contributed by atoms with Crippen LogP contribution in [-0.4, -0.2) is 34.8 Å². The molecule has 5 rings (SSSR count). The molecule has 4 aromatic rings. The van der Waals surface area contributed by atoms with Gasteiger partial charge >= 0.3 is 5.97 Å². The van der Waals surface area contributed by atoms with Crippen LogP contribution in [0, 0.1) is 19.7 Å². The highest BCUT2D eigenvalue weighted by Gasteiger charge is 2.35. The molecule has 0 bridgehead atoms. The maximum atomic E-state index is 15.6. The third-order valence-electron chi connectivity index (χ3n) is 7.54. The zero-order valence-corrected chi connectivity index (χ0v) is 24.8. The van der Waals surface area contributed by atoms with E-state index in [0.717, 1.165) is 39.8 Å². The molecular formula is C34H37FN2O4. The van der Waals surface area contributed by atoms with Crippen molar-refractivity contribution in [3.05, 3.63) is 81.9 Å². The molecule has 0 fully saturated rings. The third kappa shape index (κ3) is 5.51. The lowest BCUT2D eigenvalue weighted by Gasteiger charge is -2.29. The fraction of sp³-hybridized carbons (Fsp3) is 0.353. The Labute approximate surface area is 240 Å². The first-order valence-electron chi connectivity index (χ1n) is 13.9. The van der Waals surface area contributed by atoms with Crippen molar-refractivity contribution in [2.75, 3.05) is 13.7 Å². The lowest BCUT2D eigenvalue weighted by molar-refractivity contribution is -0.164. The number of ether oxygens (including phenoxy) is 3. The maximum Gasteiger partial charge on any atom is 0.339 e. The van der Waals surface area contributed by atoms with Crippen molar-refractivity contribution in [1.82, 2.24) is 9.55 Å². The number of esters is 1. The van der Waals surface area contributed by atoms with Crippen LogP contribution < -0.4 is 4.74 Å². The summed E-state index contributed by atoms with van der Waals surface area (Å²) in [6.07, 6.45) is 4.54. The monoisotopic (exact) mass is 556 g/mol. The number of benzene rings is 2. The first kappa shape index (κ1) is 28.6. The molecule has 1 aliphatic rings. The van der Waals surface area contributed by atoms with Crippen molar-refractivity contribution in [3.8, 4) is 16.9 Å². The van der Waals surface area contributed by atoms with Gasteiger partial charge in [0.25, 0.3) is 0 Å². The van der Waals surface area contributed by atoms with Crippen molar-refractivity contribution in [2.24, 2.45) is 7.05 Å². The van der Waals surface area contributed by atoms with Crippen LogP contribution in [0.25, 0.3) is 34.3 Å². The Morgan fingerprint density at radius 2 is 1.88 bits per heavy atom. The van der Waals surface area contributed by atoms with Crippen molar-refractivity contribution in [1.29, 1.82) is 0 Å². The number of carbonyl (C=O) groups is 1. The number of pyridine rings is 1. The van der Waals surface area contributed by atoms with Gasteiger partial charge in [-0.1, -0.05) is 36.4 Å². The molecular weight excluding hydrogens is 519 g/mol. The number of methoxy groups -OCH3 is 1. The Bertz CT molecular complexity index is 1650.